The van der Waals surface area contributed by atoms with E-state index in [1.54, 1.807) is 30.3 Å². The number of H-pyrrole nitrogens is 1. The number of aliphatic hydroxyl groups is 1. The Hall–Kier alpha value is -1.85. The first-order chi connectivity index (χ1) is 9.60. The number of aryl methyl sites for hydroxylation is 1. The minimum atomic E-state index is -0.777. The van der Waals surface area contributed by atoms with Crippen LogP contribution in [0, 0.1) is 0 Å². The molecule has 0 radical (unpaired) electrons. The predicted octanol–water partition coefficient (Wildman–Crippen LogP) is 2.09. The van der Waals surface area contributed by atoms with Crippen LogP contribution in [0.25, 0.3) is 0 Å². The van der Waals surface area contributed by atoms with E-state index in [0.717, 1.165) is 12.1 Å². The number of carbonyl (C=O) groups is 1. The van der Waals surface area contributed by atoms with Crippen LogP contribution < -0.4 is 5.32 Å². The van der Waals surface area contributed by atoms with Crippen LogP contribution in [-0.2, 0) is 6.42 Å². The van der Waals surface area contributed by atoms with Gasteiger partial charge in [0.1, 0.15) is 5.69 Å². The molecule has 2 aromatic rings. The minimum absolute atomic E-state index is 0.120. The molecule has 0 spiro atoms. The smallest absolute Gasteiger partial charge is 0.271 e. The molecule has 5 nitrogen and oxygen atoms in total. The number of nitrogens with zero attached hydrogens (tertiary/aromatic N) is 1. The van der Waals surface area contributed by atoms with E-state index in [0.29, 0.717) is 16.3 Å². The van der Waals surface area contributed by atoms with Gasteiger partial charge in [0.05, 0.1) is 6.10 Å². The second kappa shape index (κ2) is 6.54. The van der Waals surface area contributed by atoms with Crippen molar-refractivity contribution in [2.24, 2.45) is 0 Å². The molecule has 0 aliphatic heterocycles. The lowest BCUT2D eigenvalue weighted by atomic mass is 10.1. The number of amides is 1. The standard InChI is InChI=1S/C14H16ClN3O2/c1-2-11-7-12(18-17-11)14(20)16-8-13(19)9-3-5-10(15)6-4-9/h3-7,13,19H,2,8H2,1H3,(H,16,20)(H,17,18). The van der Waals surface area contributed by atoms with Crippen molar-refractivity contribution >= 4 is 17.5 Å². The fourth-order valence-electron chi connectivity index (χ4n) is 1.74. The second-order valence-corrected chi connectivity index (χ2v) is 4.85. The molecule has 6 heteroatoms. The van der Waals surface area contributed by atoms with Crippen LogP contribution in [0.5, 0.6) is 0 Å². The van der Waals surface area contributed by atoms with Crippen molar-refractivity contribution < 1.29 is 9.90 Å². The second-order valence-electron chi connectivity index (χ2n) is 4.41. The van der Waals surface area contributed by atoms with Crippen LogP contribution >= 0.6 is 11.6 Å². The summed E-state index contributed by atoms with van der Waals surface area (Å²) in [5.74, 6) is -0.311. The minimum Gasteiger partial charge on any atom is -0.387 e. The zero-order valence-electron chi connectivity index (χ0n) is 11.1. The summed E-state index contributed by atoms with van der Waals surface area (Å²) >= 11 is 5.78. The average molecular weight is 294 g/mol. The lowest BCUT2D eigenvalue weighted by Crippen LogP contribution is -2.28. The van der Waals surface area contributed by atoms with Gasteiger partial charge in [0.25, 0.3) is 5.91 Å². The monoisotopic (exact) mass is 293 g/mol. The maximum absolute atomic E-state index is 11.8. The molecule has 0 saturated carbocycles. The first-order valence-electron chi connectivity index (χ1n) is 6.36. The largest absolute Gasteiger partial charge is 0.387 e. The topological polar surface area (TPSA) is 78.0 Å². The Balaban J connectivity index is 1.91. The van der Waals surface area contributed by atoms with E-state index in [1.165, 1.54) is 0 Å². The highest BCUT2D eigenvalue weighted by molar-refractivity contribution is 6.30. The Morgan fingerprint density at radius 3 is 2.75 bits per heavy atom. The van der Waals surface area contributed by atoms with Gasteiger partial charge < -0.3 is 10.4 Å². The van der Waals surface area contributed by atoms with E-state index in [9.17, 15) is 9.90 Å². The molecule has 1 aromatic carbocycles. The molecule has 20 heavy (non-hydrogen) atoms. The average Bonchev–Trinajstić information content (AvgIpc) is 2.94. The highest BCUT2D eigenvalue weighted by atomic mass is 35.5. The van der Waals surface area contributed by atoms with Crippen LogP contribution in [0.2, 0.25) is 5.02 Å². The number of rotatable bonds is 5. The van der Waals surface area contributed by atoms with E-state index in [-0.39, 0.29) is 12.5 Å². The number of aromatic nitrogens is 2. The summed E-state index contributed by atoms with van der Waals surface area (Å²) in [6.07, 6.45) is 0.00836. The Morgan fingerprint density at radius 1 is 1.45 bits per heavy atom. The summed E-state index contributed by atoms with van der Waals surface area (Å²) in [7, 11) is 0. The van der Waals surface area contributed by atoms with Crippen molar-refractivity contribution in [3.63, 3.8) is 0 Å². The normalized spacial score (nSPS) is 12.2. The maximum Gasteiger partial charge on any atom is 0.271 e. The zero-order chi connectivity index (χ0) is 14.5. The Bertz CT molecular complexity index is 580. The van der Waals surface area contributed by atoms with E-state index in [4.69, 9.17) is 11.6 Å². The van der Waals surface area contributed by atoms with Crippen LogP contribution in [0.4, 0.5) is 0 Å². The molecule has 0 saturated heterocycles. The van der Waals surface area contributed by atoms with Crippen LogP contribution in [0.1, 0.15) is 34.8 Å². The van der Waals surface area contributed by atoms with Crippen molar-refractivity contribution in [1.82, 2.24) is 15.5 Å². The Morgan fingerprint density at radius 2 is 2.15 bits per heavy atom. The fourth-order valence-corrected chi connectivity index (χ4v) is 1.87. The van der Waals surface area contributed by atoms with Gasteiger partial charge in [0.15, 0.2) is 0 Å². The highest BCUT2D eigenvalue weighted by Crippen LogP contribution is 2.15. The summed E-state index contributed by atoms with van der Waals surface area (Å²) in [6.45, 7) is 2.09. The van der Waals surface area contributed by atoms with Crippen molar-refractivity contribution in [2.45, 2.75) is 19.4 Å². The number of hydrogen-bond donors (Lipinski definition) is 3. The SMILES string of the molecule is CCc1cc(C(=O)NCC(O)c2ccc(Cl)cc2)n[nH]1. The number of hydrogen-bond acceptors (Lipinski definition) is 3. The molecule has 3 N–H and O–H groups in total. The summed E-state index contributed by atoms with van der Waals surface area (Å²) in [6, 6.07) is 8.54. The van der Waals surface area contributed by atoms with E-state index < -0.39 is 6.10 Å². The maximum atomic E-state index is 11.8. The number of halogens is 1. The molecular weight excluding hydrogens is 278 g/mol. The van der Waals surface area contributed by atoms with Gasteiger partial charge >= 0.3 is 0 Å². The van der Waals surface area contributed by atoms with Crippen molar-refractivity contribution in [2.75, 3.05) is 6.54 Å². The predicted molar refractivity (Wildman–Crippen MR) is 76.7 cm³/mol. The van der Waals surface area contributed by atoms with Gasteiger partial charge in [-0.2, -0.15) is 5.10 Å². The Kier molecular flexibility index (Phi) is 4.76. The number of aromatic amines is 1. The summed E-state index contributed by atoms with van der Waals surface area (Å²) in [5.41, 5.74) is 1.92. The number of aliphatic hydroxyl groups excluding tert-OH is 1. The van der Waals surface area contributed by atoms with Gasteiger partial charge in [0, 0.05) is 17.3 Å². The molecule has 1 heterocycles. The third-order valence-electron chi connectivity index (χ3n) is 2.96. The Labute approximate surface area is 122 Å². The molecule has 1 unspecified atom stereocenters. The quantitative estimate of drug-likeness (QED) is 0.790. The number of nitrogens with one attached hydrogen (secondary N) is 2. The molecule has 106 valence electrons. The van der Waals surface area contributed by atoms with Gasteiger partial charge in [-0.3, -0.25) is 9.89 Å². The van der Waals surface area contributed by atoms with Gasteiger partial charge in [0.2, 0.25) is 0 Å². The first kappa shape index (κ1) is 14.6. The molecule has 1 atom stereocenters. The van der Waals surface area contributed by atoms with E-state index >= 15 is 0 Å². The molecule has 0 aliphatic rings. The molecule has 0 aliphatic carbocycles. The van der Waals surface area contributed by atoms with Gasteiger partial charge in [-0.1, -0.05) is 30.7 Å². The van der Waals surface area contributed by atoms with E-state index in [2.05, 4.69) is 15.5 Å². The van der Waals surface area contributed by atoms with Crippen molar-refractivity contribution in [1.29, 1.82) is 0 Å². The summed E-state index contributed by atoms with van der Waals surface area (Å²) in [5, 5.41) is 19.9. The molecule has 1 aromatic heterocycles. The van der Waals surface area contributed by atoms with Crippen molar-refractivity contribution in [3.8, 4) is 0 Å². The van der Waals surface area contributed by atoms with Crippen molar-refractivity contribution in [3.05, 3.63) is 52.3 Å². The van der Waals surface area contributed by atoms with Crippen LogP contribution in [0.3, 0.4) is 0 Å². The van der Waals surface area contributed by atoms with Gasteiger partial charge in [-0.25, -0.2) is 0 Å². The molecule has 0 bridgehead atoms. The van der Waals surface area contributed by atoms with Gasteiger partial charge in [-0.05, 0) is 30.2 Å². The first-order valence-corrected chi connectivity index (χ1v) is 6.74. The molecule has 0 fully saturated rings. The summed E-state index contributed by atoms with van der Waals surface area (Å²) < 4.78 is 0. The number of carbonyl (C=O) groups excluding carboxylic acids is 1. The third-order valence-corrected chi connectivity index (χ3v) is 3.21. The molecule has 2 rings (SSSR count). The third kappa shape index (κ3) is 3.59. The summed E-state index contributed by atoms with van der Waals surface area (Å²) in [4.78, 5) is 11.8. The number of benzene rings is 1. The zero-order valence-corrected chi connectivity index (χ0v) is 11.8. The van der Waals surface area contributed by atoms with Gasteiger partial charge in [-0.15, -0.1) is 0 Å². The lowest BCUT2D eigenvalue weighted by Gasteiger charge is -2.11. The van der Waals surface area contributed by atoms with Crippen LogP contribution in [0.15, 0.2) is 30.3 Å². The van der Waals surface area contributed by atoms with Crippen LogP contribution in [-0.4, -0.2) is 27.8 Å². The highest BCUT2D eigenvalue weighted by Gasteiger charge is 2.13. The fraction of sp³-hybridized carbons (Fsp3) is 0.286. The van der Waals surface area contributed by atoms with E-state index in [1.807, 2.05) is 6.92 Å². The lowest BCUT2D eigenvalue weighted by molar-refractivity contribution is 0.0911. The molecular formula is C14H16ClN3O2. The molecule has 1 amide bonds.